The molecule has 1 aromatic rings. The summed E-state index contributed by atoms with van der Waals surface area (Å²) in [4.78, 5) is 0. The summed E-state index contributed by atoms with van der Waals surface area (Å²) >= 11 is 0. The van der Waals surface area contributed by atoms with E-state index in [-0.39, 0.29) is 5.41 Å². The largest absolute Gasteiger partial charge is 0.0758 e. The number of aryl methyl sites for hydroxylation is 1. The molecule has 3 aliphatic rings. The third-order valence-corrected chi connectivity index (χ3v) is 6.38. The molecule has 0 aliphatic heterocycles. The van der Waals surface area contributed by atoms with Gasteiger partial charge in [-0.3, -0.25) is 0 Å². The third kappa shape index (κ3) is 2.43. The van der Waals surface area contributed by atoms with E-state index in [1.807, 2.05) is 0 Å². The first-order valence-electron chi connectivity index (χ1n) is 9.27. The molecule has 0 saturated heterocycles. The quantitative estimate of drug-likeness (QED) is 0.579. The molecule has 1 saturated carbocycles. The zero-order valence-corrected chi connectivity index (χ0v) is 14.7. The first kappa shape index (κ1) is 15.0. The first-order chi connectivity index (χ1) is 11.1. The topological polar surface area (TPSA) is 0 Å². The van der Waals surface area contributed by atoms with Crippen LogP contribution in [0, 0.1) is 18.3 Å². The van der Waals surface area contributed by atoms with Gasteiger partial charge in [0.2, 0.25) is 0 Å². The monoisotopic (exact) mass is 304 g/mol. The van der Waals surface area contributed by atoms with E-state index in [2.05, 4.69) is 63.3 Å². The lowest BCUT2D eigenvalue weighted by molar-refractivity contribution is 0.271. The van der Waals surface area contributed by atoms with E-state index < -0.39 is 0 Å². The molecule has 1 fully saturated rings. The molecule has 23 heavy (non-hydrogen) atoms. The molecule has 1 aromatic carbocycles. The normalized spacial score (nSPS) is 24.0. The van der Waals surface area contributed by atoms with Crippen molar-refractivity contribution in [3.8, 4) is 0 Å². The van der Waals surface area contributed by atoms with Crippen LogP contribution in [0.3, 0.4) is 0 Å². The number of allylic oxidation sites excluding steroid dienone is 5. The van der Waals surface area contributed by atoms with Crippen LogP contribution in [0.1, 0.15) is 68.6 Å². The number of rotatable bonds is 2. The number of hydrogen-bond acceptors (Lipinski definition) is 0. The number of benzene rings is 1. The van der Waals surface area contributed by atoms with Gasteiger partial charge >= 0.3 is 0 Å². The predicted molar refractivity (Wildman–Crippen MR) is 99.5 cm³/mol. The average molecular weight is 304 g/mol. The SMILES string of the molecule is Cc1cccc2c1C=CC2C(C)(C)C1C=C2CCCCCC2=C1. The molecule has 0 spiro atoms. The summed E-state index contributed by atoms with van der Waals surface area (Å²) in [5, 5.41) is 0. The fourth-order valence-corrected chi connectivity index (χ4v) is 4.78. The Hall–Kier alpha value is -1.56. The van der Waals surface area contributed by atoms with Crippen molar-refractivity contribution in [2.75, 3.05) is 0 Å². The number of fused-ring (bicyclic) bond motifs is 2. The maximum absolute atomic E-state index is 2.60. The molecular formula is C23H28. The highest BCUT2D eigenvalue weighted by molar-refractivity contribution is 5.66. The second kappa shape index (κ2) is 5.51. The summed E-state index contributed by atoms with van der Waals surface area (Å²) in [6.07, 6.45) is 16.8. The molecule has 0 heteroatoms. The Morgan fingerprint density at radius 3 is 2.35 bits per heavy atom. The minimum absolute atomic E-state index is 0.238. The molecular weight excluding hydrogens is 276 g/mol. The van der Waals surface area contributed by atoms with Crippen molar-refractivity contribution in [2.24, 2.45) is 11.3 Å². The van der Waals surface area contributed by atoms with Gasteiger partial charge in [0.05, 0.1) is 0 Å². The molecule has 0 aromatic heterocycles. The summed E-state index contributed by atoms with van der Waals surface area (Å²) in [7, 11) is 0. The molecule has 0 heterocycles. The zero-order chi connectivity index (χ0) is 16.0. The van der Waals surface area contributed by atoms with Gasteiger partial charge < -0.3 is 0 Å². The number of hydrogen-bond donors (Lipinski definition) is 0. The van der Waals surface area contributed by atoms with Crippen LogP contribution in [0.5, 0.6) is 0 Å². The Kier molecular flexibility index (Phi) is 3.59. The summed E-state index contributed by atoms with van der Waals surface area (Å²) in [5.41, 5.74) is 7.95. The van der Waals surface area contributed by atoms with Crippen molar-refractivity contribution in [3.05, 3.63) is 64.3 Å². The second-order valence-electron chi connectivity index (χ2n) is 8.21. The minimum Gasteiger partial charge on any atom is -0.0758 e. The van der Waals surface area contributed by atoms with E-state index in [4.69, 9.17) is 0 Å². The van der Waals surface area contributed by atoms with Gasteiger partial charge in [-0.15, -0.1) is 0 Å². The lowest BCUT2D eigenvalue weighted by Gasteiger charge is -2.36. The van der Waals surface area contributed by atoms with Gasteiger partial charge in [0.25, 0.3) is 0 Å². The molecule has 3 aliphatic carbocycles. The van der Waals surface area contributed by atoms with Crippen LogP contribution >= 0.6 is 0 Å². The Balaban J connectivity index is 1.67. The van der Waals surface area contributed by atoms with Crippen molar-refractivity contribution in [1.82, 2.24) is 0 Å². The van der Waals surface area contributed by atoms with Gasteiger partial charge in [-0.2, -0.15) is 0 Å². The molecule has 0 bridgehead atoms. The Morgan fingerprint density at radius 2 is 1.65 bits per heavy atom. The lowest BCUT2D eigenvalue weighted by Crippen LogP contribution is -2.27. The fourth-order valence-electron chi connectivity index (χ4n) is 4.78. The second-order valence-corrected chi connectivity index (χ2v) is 8.21. The Morgan fingerprint density at radius 1 is 0.957 bits per heavy atom. The van der Waals surface area contributed by atoms with E-state index in [0.717, 1.165) is 0 Å². The highest BCUT2D eigenvalue weighted by Gasteiger charge is 2.39. The fraction of sp³-hybridized carbons (Fsp3) is 0.478. The van der Waals surface area contributed by atoms with Gasteiger partial charge in [0, 0.05) is 11.8 Å². The van der Waals surface area contributed by atoms with Crippen molar-refractivity contribution in [3.63, 3.8) is 0 Å². The average Bonchev–Trinajstić information content (AvgIpc) is 3.08. The van der Waals surface area contributed by atoms with Gasteiger partial charge in [-0.1, -0.05) is 62.8 Å². The van der Waals surface area contributed by atoms with Crippen molar-refractivity contribution in [2.45, 2.75) is 58.8 Å². The smallest absolute Gasteiger partial charge is 0.00871 e. The van der Waals surface area contributed by atoms with E-state index in [1.165, 1.54) is 48.8 Å². The van der Waals surface area contributed by atoms with Crippen LogP contribution in [0.25, 0.3) is 6.08 Å². The molecule has 4 rings (SSSR count). The molecule has 1 unspecified atom stereocenters. The highest BCUT2D eigenvalue weighted by Crippen LogP contribution is 2.51. The first-order valence-corrected chi connectivity index (χ1v) is 9.27. The summed E-state index contributed by atoms with van der Waals surface area (Å²) in [6, 6.07) is 6.79. The Labute approximate surface area is 141 Å². The summed E-state index contributed by atoms with van der Waals surface area (Å²) in [5.74, 6) is 1.10. The van der Waals surface area contributed by atoms with Crippen LogP contribution in [-0.4, -0.2) is 0 Å². The maximum atomic E-state index is 2.60. The van der Waals surface area contributed by atoms with Crippen molar-refractivity contribution >= 4 is 6.08 Å². The van der Waals surface area contributed by atoms with E-state index >= 15 is 0 Å². The molecule has 0 N–H and O–H groups in total. The van der Waals surface area contributed by atoms with E-state index in [9.17, 15) is 0 Å². The van der Waals surface area contributed by atoms with Crippen molar-refractivity contribution in [1.29, 1.82) is 0 Å². The summed E-state index contributed by atoms with van der Waals surface area (Å²) in [6.45, 7) is 7.16. The molecule has 1 atom stereocenters. The minimum atomic E-state index is 0.238. The lowest BCUT2D eigenvalue weighted by atomic mass is 9.68. The van der Waals surface area contributed by atoms with E-state index in [1.54, 1.807) is 11.1 Å². The van der Waals surface area contributed by atoms with Crippen LogP contribution in [0.15, 0.2) is 47.6 Å². The molecule has 0 amide bonds. The maximum Gasteiger partial charge on any atom is 0.00871 e. The van der Waals surface area contributed by atoms with Crippen molar-refractivity contribution < 1.29 is 0 Å². The van der Waals surface area contributed by atoms with Gasteiger partial charge in [0.1, 0.15) is 0 Å². The summed E-state index contributed by atoms with van der Waals surface area (Å²) < 4.78 is 0. The van der Waals surface area contributed by atoms with Crippen LogP contribution in [0.2, 0.25) is 0 Å². The van der Waals surface area contributed by atoms with Crippen LogP contribution in [0.4, 0.5) is 0 Å². The molecule has 0 radical (unpaired) electrons. The van der Waals surface area contributed by atoms with Gasteiger partial charge in [-0.25, -0.2) is 0 Å². The van der Waals surface area contributed by atoms with E-state index in [0.29, 0.717) is 11.8 Å². The third-order valence-electron chi connectivity index (χ3n) is 6.38. The van der Waals surface area contributed by atoms with Crippen LogP contribution in [-0.2, 0) is 0 Å². The van der Waals surface area contributed by atoms with Gasteiger partial charge in [0.15, 0.2) is 0 Å². The standard InChI is InChI=1S/C23H28/c1-16-8-7-11-21-20(16)12-13-22(21)23(2,3)19-14-17-9-5-4-6-10-18(17)15-19/h7-8,11-15,19,22H,4-6,9-10H2,1-3H3. The predicted octanol–water partition coefficient (Wildman–Crippen LogP) is 6.58. The molecule has 120 valence electrons. The highest BCUT2D eigenvalue weighted by atomic mass is 14.4. The van der Waals surface area contributed by atoms with Crippen LogP contribution < -0.4 is 0 Å². The zero-order valence-electron chi connectivity index (χ0n) is 14.7. The van der Waals surface area contributed by atoms with Gasteiger partial charge in [-0.05, 0) is 65.9 Å². The Bertz CT molecular complexity index is 690. The molecule has 0 nitrogen and oxygen atoms in total.